The van der Waals surface area contributed by atoms with Crippen molar-refractivity contribution in [3.05, 3.63) is 41.0 Å². The summed E-state index contributed by atoms with van der Waals surface area (Å²) in [6.07, 6.45) is 4.09. The second-order valence-corrected chi connectivity index (χ2v) is 4.86. The largest absolute Gasteiger partial charge is 0.398 e. The average molecular weight is 243 g/mol. The molecular weight excluding hydrogens is 222 g/mol. The van der Waals surface area contributed by atoms with Gasteiger partial charge in [-0.25, -0.2) is 0 Å². The second kappa shape index (κ2) is 5.36. The average Bonchev–Trinajstić information content (AvgIpc) is 2.38. The molecule has 0 amide bonds. The van der Waals surface area contributed by atoms with Gasteiger partial charge in [0.1, 0.15) is 0 Å². The fraction of sp³-hybridized carbons (Fsp3) is 0.400. The highest BCUT2D eigenvalue weighted by Gasteiger charge is 2.16. The molecule has 1 aromatic rings. The zero-order chi connectivity index (χ0) is 13.1. The lowest BCUT2D eigenvalue weighted by Gasteiger charge is -2.24. The van der Waals surface area contributed by atoms with Crippen LogP contribution in [0.5, 0.6) is 0 Å². The van der Waals surface area contributed by atoms with Crippen molar-refractivity contribution < 1.29 is 0 Å². The van der Waals surface area contributed by atoms with Crippen LogP contribution in [0.15, 0.2) is 29.8 Å². The maximum absolute atomic E-state index is 8.35. The van der Waals surface area contributed by atoms with E-state index >= 15 is 0 Å². The topological polar surface area (TPSA) is 53.1 Å². The number of nitrogens with two attached hydrogens (primary N) is 1. The molecule has 1 aliphatic heterocycles. The van der Waals surface area contributed by atoms with Gasteiger partial charge >= 0.3 is 0 Å². The van der Waals surface area contributed by atoms with Gasteiger partial charge in [-0.05, 0) is 31.0 Å². The van der Waals surface area contributed by atoms with E-state index in [-0.39, 0.29) is 0 Å². The normalized spacial score (nSPS) is 16.4. The van der Waals surface area contributed by atoms with E-state index in [2.05, 4.69) is 24.9 Å². The van der Waals surface area contributed by atoms with Crippen molar-refractivity contribution in [2.24, 2.45) is 0 Å². The molecule has 3 N–H and O–H groups in total. The lowest BCUT2D eigenvalue weighted by molar-refractivity contribution is 0.360. The van der Waals surface area contributed by atoms with E-state index in [9.17, 15) is 0 Å². The van der Waals surface area contributed by atoms with E-state index in [1.807, 2.05) is 18.2 Å². The summed E-state index contributed by atoms with van der Waals surface area (Å²) in [6, 6.07) is 5.98. The Labute approximate surface area is 109 Å². The first kappa shape index (κ1) is 12.8. The molecule has 18 heavy (non-hydrogen) atoms. The van der Waals surface area contributed by atoms with E-state index in [0.29, 0.717) is 5.71 Å². The maximum Gasteiger partial charge on any atom is 0.0674 e. The number of hydrogen-bond acceptors (Lipinski definition) is 3. The summed E-state index contributed by atoms with van der Waals surface area (Å²) in [5, 5.41) is 8.35. The van der Waals surface area contributed by atoms with Gasteiger partial charge in [-0.2, -0.15) is 0 Å². The van der Waals surface area contributed by atoms with Crippen molar-refractivity contribution in [3.8, 4) is 0 Å². The van der Waals surface area contributed by atoms with Crippen LogP contribution in [0.3, 0.4) is 0 Å². The molecule has 1 aromatic carbocycles. The predicted octanol–water partition coefficient (Wildman–Crippen LogP) is 2.46. The van der Waals surface area contributed by atoms with Crippen molar-refractivity contribution in [2.75, 3.05) is 25.9 Å². The van der Waals surface area contributed by atoms with E-state index < -0.39 is 0 Å². The van der Waals surface area contributed by atoms with Gasteiger partial charge in [-0.3, -0.25) is 5.41 Å². The smallest absolute Gasteiger partial charge is 0.0674 e. The number of nitrogen functional groups attached to an aromatic ring is 1. The van der Waals surface area contributed by atoms with E-state index in [1.54, 1.807) is 0 Å². The molecule has 3 nitrogen and oxygen atoms in total. The molecule has 0 bridgehead atoms. The minimum Gasteiger partial charge on any atom is -0.398 e. The standard InChI is InChI=1S/C15H21N3/c1-3-11-6-4-8-13(14(11)16)15(17)12-7-5-9-18(2)10-12/h4,6-8,17H,3,5,9-10,16H2,1-2H3. The lowest BCUT2D eigenvalue weighted by atomic mass is 9.95. The molecule has 1 aliphatic rings. The molecule has 3 heteroatoms. The number of aryl methyl sites for hydroxylation is 1. The number of likely N-dealkylation sites (N-methyl/N-ethyl adjacent to an activating group) is 1. The maximum atomic E-state index is 8.35. The van der Waals surface area contributed by atoms with Crippen molar-refractivity contribution >= 4 is 11.4 Å². The van der Waals surface area contributed by atoms with Crippen LogP contribution in [0, 0.1) is 5.41 Å². The van der Waals surface area contributed by atoms with Gasteiger partial charge < -0.3 is 10.6 Å². The number of nitrogens with zero attached hydrogens (tertiary/aromatic N) is 1. The first-order valence-electron chi connectivity index (χ1n) is 6.47. The molecule has 0 unspecified atom stereocenters. The van der Waals surface area contributed by atoms with Crippen LogP contribution in [0.25, 0.3) is 0 Å². The Morgan fingerprint density at radius 3 is 2.89 bits per heavy atom. The third kappa shape index (κ3) is 2.46. The van der Waals surface area contributed by atoms with Gasteiger partial charge in [0.15, 0.2) is 0 Å². The second-order valence-electron chi connectivity index (χ2n) is 4.86. The van der Waals surface area contributed by atoms with Gasteiger partial charge in [-0.15, -0.1) is 0 Å². The number of para-hydroxylation sites is 1. The van der Waals surface area contributed by atoms with Crippen LogP contribution in [0.4, 0.5) is 5.69 Å². The highest BCUT2D eigenvalue weighted by Crippen LogP contribution is 2.22. The molecule has 0 atom stereocenters. The first-order valence-corrected chi connectivity index (χ1v) is 6.47. The van der Waals surface area contributed by atoms with Crippen molar-refractivity contribution in [1.82, 2.24) is 4.90 Å². The summed E-state index contributed by atoms with van der Waals surface area (Å²) in [5.74, 6) is 0. The third-order valence-corrected chi connectivity index (χ3v) is 3.51. The Bertz CT molecular complexity index is 489. The molecule has 0 aromatic heterocycles. The molecule has 0 spiro atoms. The summed E-state index contributed by atoms with van der Waals surface area (Å²) in [6.45, 7) is 4.00. The van der Waals surface area contributed by atoms with Crippen LogP contribution in [0.2, 0.25) is 0 Å². The van der Waals surface area contributed by atoms with Gasteiger partial charge in [0, 0.05) is 24.3 Å². The molecule has 1 heterocycles. The van der Waals surface area contributed by atoms with Gasteiger partial charge in [0.2, 0.25) is 0 Å². The number of nitrogens with one attached hydrogen (secondary N) is 1. The van der Waals surface area contributed by atoms with Gasteiger partial charge in [-0.1, -0.05) is 31.2 Å². The molecule has 96 valence electrons. The van der Waals surface area contributed by atoms with Crippen LogP contribution in [0.1, 0.15) is 24.5 Å². The summed E-state index contributed by atoms with van der Waals surface area (Å²) in [7, 11) is 2.09. The molecule has 2 rings (SSSR count). The van der Waals surface area contributed by atoms with Gasteiger partial charge in [0.25, 0.3) is 0 Å². The Morgan fingerprint density at radius 2 is 2.22 bits per heavy atom. The molecule has 0 saturated heterocycles. The van der Waals surface area contributed by atoms with Crippen LogP contribution in [-0.2, 0) is 6.42 Å². The molecule has 0 aliphatic carbocycles. The predicted molar refractivity (Wildman–Crippen MR) is 77.3 cm³/mol. The monoisotopic (exact) mass is 243 g/mol. The zero-order valence-electron chi connectivity index (χ0n) is 11.2. The Hall–Kier alpha value is -1.61. The molecule has 0 fully saturated rings. The molecular formula is C15H21N3. The summed E-state index contributed by atoms with van der Waals surface area (Å²) >= 11 is 0. The number of anilines is 1. The zero-order valence-corrected chi connectivity index (χ0v) is 11.2. The lowest BCUT2D eigenvalue weighted by Crippen LogP contribution is -2.28. The van der Waals surface area contributed by atoms with E-state index in [0.717, 1.165) is 48.3 Å². The summed E-state index contributed by atoms with van der Waals surface area (Å²) in [5.41, 5.74) is 10.6. The minimum absolute atomic E-state index is 0.578. The highest BCUT2D eigenvalue weighted by molar-refractivity contribution is 6.14. The van der Waals surface area contributed by atoms with Crippen LogP contribution < -0.4 is 5.73 Å². The fourth-order valence-electron chi connectivity index (χ4n) is 2.39. The minimum atomic E-state index is 0.578. The highest BCUT2D eigenvalue weighted by atomic mass is 15.1. The Kier molecular flexibility index (Phi) is 3.82. The molecule has 0 saturated carbocycles. The Morgan fingerprint density at radius 1 is 1.44 bits per heavy atom. The summed E-state index contributed by atoms with van der Waals surface area (Å²) in [4.78, 5) is 2.24. The number of hydrogen-bond donors (Lipinski definition) is 2. The SMILES string of the molecule is CCc1cccc(C(=N)C2=CCCN(C)C2)c1N. The third-order valence-electron chi connectivity index (χ3n) is 3.51. The van der Waals surface area contributed by atoms with Crippen LogP contribution in [-0.4, -0.2) is 30.7 Å². The number of rotatable bonds is 3. The number of benzene rings is 1. The quantitative estimate of drug-likeness (QED) is 0.633. The van der Waals surface area contributed by atoms with E-state index in [4.69, 9.17) is 11.1 Å². The molecule has 0 radical (unpaired) electrons. The summed E-state index contributed by atoms with van der Waals surface area (Å²) < 4.78 is 0. The Balaban J connectivity index is 2.32. The van der Waals surface area contributed by atoms with Crippen LogP contribution >= 0.6 is 0 Å². The van der Waals surface area contributed by atoms with E-state index in [1.165, 1.54) is 0 Å². The van der Waals surface area contributed by atoms with Crippen molar-refractivity contribution in [2.45, 2.75) is 19.8 Å². The first-order chi connectivity index (χ1) is 8.63. The fourth-order valence-corrected chi connectivity index (χ4v) is 2.39. The van der Waals surface area contributed by atoms with Crippen molar-refractivity contribution in [3.63, 3.8) is 0 Å². The van der Waals surface area contributed by atoms with Crippen molar-refractivity contribution in [1.29, 1.82) is 5.41 Å². The van der Waals surface area contributed by atoms with Gasteiger partial charge in [0.05, 0.1) is 5.71 Å².